The summed E-state index contributed by atoms with van der Waals surface area (Å²) in [5.74, 6) is 0.0798. The summed E-state index contributed by atoms with van der Waals surface area (Å²) >= 11 is 1.54. The van der Waals surface area contributed by atoms with Crippen LogP contribution >= 0.6 is 11.3 Å². The van der Waals surface area contributed by atoms with Crippen LogP contribution in [0.3, 0.4) is 0 Å². The van der Waals surface area contributed by atoms with Crippen molar-refractivity contribution >= 4 is 17.1 Å². The number of carbonyl (C=O) groups is 1. The predicted molar refractivity (Wildman–Crippen MR) is 64.5 cm³/mol. The van der Waals surface area contributed by atoms with E-state index in [9.17, 15) is 4.79 Å². The van der Waals surface area contributed by atoms with Crippen LogP contribution in [-0.4, -0.2) is 5.78 Å². The molecule has 1 heterocycles. The molecule has 16 heavy (non-hydrogen) atoms. The monoisotopic (exact) mass is 227 g/mol. The predicted octanol–water partition coefficient (Wildman–Crippen LogP) is 3.49. The van der Waals surface area contributed by atoms with E-state index in [2.05, 4.69) is 6.07 Å². The second kappa shape index (κ2) is 4.30. The van der Waals surface area contributed by atoms with Gasteiger partial charge in [-0.05, 0) is 30.7 Å². The Hall–Kier alpha value is -1.92. The lowest BCUT2D eigenvalue weighted by atomic mass is 10.1. The van der Waals surface area contributed by atoms with Crippen molar-refractivity contribution in [3.05, 3.63) is 46.8 Å². The zero-order valence-corrected chi connectivity index (χ0v) is 9.54. The molecule has 0 spiro atoms. The van der Waals surface area contributed by atoms with Crippen LogP contribution in [0.25, 0.3) is 10.4 Å². The molecule has 2 rings (SSSR count). The standard InChI is InChI=1S/C13H9NOS/c1-9(15)12-6-13(16-8-12)11-4-2-10(7-14)3-5-11/h2-6,8H,1H3. The third kappa shape index (κ3) is 2.02. The largest absolute Gasteiger partial charge is 0.294 e. The molecule has 0 bridgehead atoms. The number of nitriles is 1. The van der Waals surface area contributed by atoms with Gasteiger partial charge in [-0.15, -0.1) is 11.3 Å². The second-order valence-electron chi connectivity index (χ2n) is 3.44. The fourth-order valence-electron chi connectivity index (χ4n) is 1.38. The van der Waals surface area contributed by atoms with E-state index < -0.39 is 0 Å². The smallest absolute Gasteiger partial charge is 0.160 e. The first-order valence-corrected chi connectivity index (χ1v) is 5.68. The number of ketones is 1. The van der Waals surface area contributed by atoms with Crippen molar-refractivity contribution in [3.8, 4) is 16.5 Å². The number of rotatable bonds is 2. The summed E-state index contributed by atoms with van der Waals surface area (Å²) in [4.78, 5) is 12.2. The first-order chi connectivity index (χ1) is 7.70. The lowest BCUT2D eigenvalue weighted by molar-refractivity contribution is 0.101. The van der Waals surface area contributed by atoms with E-state index >= 15 is 0 Å². The van der Waals surface area contributed by atoms with Crippen LogP contribution in [0.5, 0.6) is 0 Å². The Morgan fingerprint density at radius 2 is 2.00 bits per heavy atom. The molecule has 0 N–H and O–H groups in total. The third-order valence-corrected chi connectivity index (χ3v) is 3.28. The fraction of sp³-hybridized carbons (Fsp3) is 0.0769. The van der Waals surface area contributed by atoms with Gasteiger partial charge in [0.2, 0.25) is 0 Å². The van der Waals surface area contributed by atoms with Crippen LogP contribution in [-0.2, 0) is 0 Å². The Labute approximate surface area is 97.8 Å². The van der Waals surface area contributed by atoms with Gasteiger partial charge in [0.05, 0.1) is 11.6 Å². The van der Waals surface area contributed by atoms with Gasteiger partial charge >= 0.3 is 0 Å². The van der Waals surface area contributed by atoms with Crippen molar-refractivity contribution in [2.75, 3.05) is 0 Å². The molecule has 0 atom stereocenters. The van der Waals surface area contributed by atoms with Crippen molar-refractivity contribution in [1.82, 2.24) is 0 Å². The van der Waals surface area contributed by atoms with Crippen LogP contribution in [0.4, 0.5) is 0 Å². The topological polar surface area (TPSA) is 40.9 Å². The highest BCUT2D eigenvalue weighted by molar-refractivity contribution is 7.13. The second-order valence-corrected chi connectivity index (χ2v) is 4.36. The number of nitrogens with zero attached hydrogens (tertiary/aromatic N) is 1. The van der Waals surface area contributed by atoms with E-state index in [1.54, 1.807) is 30.4 Å². The minimum Gasteiger partial charge on any atom is -0.294 e. The van der Waals surface area contributed by atoms with E-state index in [1.807, 2.05) is 23.6 Å². The van der Waals surface area contributed by atoms with Crippen LogP contribution in [0.15, 0.2) is 35.7 Å². The fourth-order valence-corrected chi connectivity index (χ4v) is 2.34. The quantitative estimate of drug-likeness (QED) is 0.737. The van der Waals surface area contributed by atoms with Gasteiger partial charge in [-0.1, -0.05) is 12.1 Å². The molecular weight excluding hydrogens is 218 g/mol. The van der Waals surface area contributed by atoms with Crippen molar-refractivity contribution < 1.29 is 4.79 Å². The van der Waals surface area contributed by atoms with Gasteiger partial charge < -0.3 is 0 Å². The van der Waals surface area contributed by atoms with Crippen molar-refractivity contribution in [2.24, 2.45) is 0 Å². The first kappa shape index (κ1) is 10.6. The number of benzene rings is 1. The summed E-state index contributed by atoms with van der Waals surface area (Å²) in [6.07, 6.45) is 0. The van der Waals surface area contributed by atoms with Crippen LogP contribution < -0.4 is 0 Å². The Balaban J connectivity index is 2.36. The van der Waals surface area contributed by atoms with Gasteiger partial charge in [0.1, 0.15) is 0 Å². The van der Waals surface area contributed by atoms with Crippen LogP contribution in [0.1, 0.15) is 22.8 Å². The Morgan fingerprint density at radius 3 is 2.50 bits per heavy atom. The number of thiophene rings is 1. The molecule has 0 saturated heterocycles. The molecule has 0 aliphatic heterocycles. The Kier molecular flexibility index (Phi) is 2.84. The molecule has 0 aliphatic carbocycles. The molecule has 0 aliphatic rings. The minimum absolute atomic E-state index is 0.0798. The molecule has 1 aromatic heterocycles. The molecule has 78 valence electrons. The van der Waals surface area contributed by atoms with Gasteiger partial charge in [-0.2, -0.15) is 5.26 Å². The first-order valence-electron chi connectivity index (χ1n) is 4.80. The maximum atomic E-state index is 11.2. The molecular formula is C13H9NOS. The van der Waals surface area contributed by atoms with E-state index in [1.165, 1.54) is 0 Å². The summed E-state index contributed by atoms with van der Waals surface area (Å²) < 4.78 is 0. The normalized spacial score (nSPS) is 9.75. The van der Waals surface area contributed by atoms with Crippen molar-refractivity contribution in [2.45, 2.75) is 6.92 Å². The van der Waals surface area contributed by atoms with E-state index in [0.29, 0.717) is 5.56 Å². The maximum Gasteiger partial charge on any atom is 0.160 e. The van der Waals surface area contributed by atoms with Gasteiger partial charge in [-0.3, -0.25) is 4.79 Å². The highest BCUT2D eigenvalue weighted by Crippen LogP contribution is 2.27. The average molecular weight is 227 g/mol. The van der Waals surface area contributed by atoms with Gasteiger partial charge in [0, 0.05) is 15.8 Å². The summed E-state index contributed by atoms with van der Waals surface area (Å²) in [6.45, 7) is 1.56. The number of hydrogen-bond acceptors (Lipinski definition) is 3. The Bertz CT molecular complexity index is 560. The molecule has 2 nitrogen and oxygen atoms in total. The van der Waals surface area contributed by atoms with E-state index in [0.717, 1.165) is 16.0 Å². The Morgan fingerprint density at radius 1 is 1.31 bits per heavy atom. The number of hydrogen-bond donors (Lipinski definition) is 0. The number of carbonyl (C=O) groups excluding carboxylic acids is 1. The summed E-state index contributed by atoms with van der Waals surface area (Å²) in [7, 11) is 0. The molecule has 2 aromatic rings. The SMILES string of the molecule is CC(=O)c1csc(-c2ccc(C#N)cc2)c1. The number of Topliss-reactive ketones (excluding diaryl/α,β-unsaturated/α-hetero) is 1. The molecule has 0 saturated carbocycles. The lowest BCUT2D eigenvalue weighted by Gasteiger charge is -1.96. The highest BCUT2D eigenvalue weighted by Gasteiger charge is 2.05. The van der Waals surface area contributed by atoms with Crippen LogP contribution in [0.2, 0.25) is 0 Å². The summed E-state index contributed by atoms with van der Waals surface area (Å²) in [5, 5.41) is 10.5. The molecule has 0 fully saturated rings. The van der Waals surface area contributed by atoms with Crippen molar-refractivity contribution in [3.63, 3.8) is 0 Å². The lowest BCUT2D eigenvalue weighted by Crippen LogP contribution is -1.86. The van der Waals surface area contributed by atoms with Gasteiger partial charge in [0.15, 0.2) is 5.78 Å². The molecule has 1 aromatic carbocycles. The zero-order valence-electron chi connectivity index (χ0n) is 8.73. The van der Waals surface area contributed by atoms with Gasteiger partial charge in [0.25, 0.3) is 0 Å². The van der Waals surface area contributed by atoms with Crippen LogP contribution in [0, 0.1) is 11.3 Å². The molecule has 0 radical (unpaired) electrons. The highest BCUT2D eigenvalue weighted by atomic mass is 32.1. The van der Waals surface area contributed by atoms with E-state index in [4.69, 9.17) is 5.26 Å². The van der Waals surface area contributed by atoms with Crippen molar-refractivity contribution in [1.29, 1.82) is 5.26 Å². The summed E-state index contributed by atoms with van der Waals surface area (Å²) in [6, 6.07) is 11.3. The zero-order chi connectivity index (χ0) is 11.5. The molecule has 0 unspecified atom stereocenters. The maximum absolute atomic E-state index is 11.2. The molecule has 3 heteroatoms. The molecule has 0 amide bonds. The minimum atomic E-state index is 0.0798. The summed E-state index contributed by atoms with van der Waals surface area (Å²) in [5.41, 5.74) is 2.42. The average Bonchev–Trinajstić information content (AvgIpc) is 2.78. The van der Waals surface area contributed by atoms with Gasteiger partial charge in [-0.25, -0.2) is 0 Å². The third-order valence-electron chi connectivity index (χ3n) is 2.30. The van der Waals surface area contributed by atoms with E-state index in [-0.39, 0.29) is 5.78 Å².